The fraction of sp³-hybridized carbons (Fsp3) is 0.200. The smallest absolute Gasteiger partial charge is 0.153 e. The maximum absolute atomic E-state index is 13.2. The van der Waals surface area contributed by atoms with Crippen LogP contribution in [0.2, 0.25) is 0 Å². The number of rotatable bonds is 3. The average molecular weight is 318 g/mol. The van der Waals surface area contributed by atoms with Gasteiger partial charge in [-0.3, -0.25) is 5.84 Å². The molecule has 1 unspecified atom stereocenters. The fourth-order valence-corrected chi connectivity index (χ4v) is 2.28. The van der Waals surface area contributed by atoms with E-state index in [2.05, 4.69) is 31.7 Å². The number of hydrogen-bond donors (Lipinski definition) is 2. The summed E-state index contributed by atoms with van der Waals surface area (Å²) < 4.78 is 28.3. The third kappa shape index (κ3) is 2.40. The lowest BCUT2D eigenvalue weighted by Crippen LogP contribution is -2.30. The molecule has 0 amide bonds. The van der Waals surface area contributed by atoms with Gasteiger partial charge in [0, 0.05) is 13.1 Å². The first-order chi connectivity index (χ1) is 8.52. The number of aryl methyl sites for hydroxylation is 1. The van der Waals surface area contributed by atoms with E-state index in [0.717, 1.165) is 6.07 Å². The molecule has 0 saturated carbocycles. The topological polar surface area (TPSA) is 68.8 Å². The molecule has 1 aromatic heterocycles. The maximum atomic E-state index is 13.2. The first kappa shape index (κ1) is 13.1. The van der Waals surface area contributed by atoms with Gasteiger partial charge in [-0.15, -0.1) is 5.10 Å². The minimum absolute atomic E-state index is 0.348. The van der Waals surface area contributed by atoms with Crippen molar-refractivity contribution in [3.63, 3.8) is 0 Å². The molecule has 2 aromatic rings. The molecule has 2 rings (SSSR count). The molecule has 0 bridgehead atoms. The van der Waals surface area contributed by atoms with Gasteiger partial charge in [0.25, 0.3) is 0 Å². The Labute approximate surface area is 110 Å². The Morgan fingerprint density at radius 3 is 2.39 bits per heavy atom. The first-order valence-electron chi connectivity index (χ1n) is 5.00. The van der Waals surface area contributed by atoms with Crippen molar-refractivity contribution in [3.8, 4) is 0 Å². The highest BCUT2D eigenvalue weighted by Gasteiger charge is 2.22. The molecule has 0 fully saturated rings. The van der Waals surface area contributed by atoms with Gasteiger partial charge in [0.05, 0.1) is 11.7 Å². The van der Waals surface area contributed by atoms with Crippen LogP contribution in [0, 0.1) is 11.6 Å². The van der Waals surface area contributed by atoms with Crippen molar-refractivity contribution in [1.82, 2.24) is 20.4 Å². The van der Waals surface area contributed by atoms with Gasteiger partial charge in [-0.1, -0.05) is 5.21 Å². The van der Waals surface area contributed by atoms with Crippen molar-refractivity contribution in [2.45, 2.75) is 6.04 Å². The van der Waals surface area contributed by atoms with Gasteiger partial charge >= 0.3 is 0 Å². The molecule has 0 aliphatic rings. The van der Waals surface area contributed by atoms with Crippen LogP contribution in [0.25, 0.3) is 0 Å². The number of halogens is 3. The van der Waals surface area contributed by atoms with E-state index in [-0.39, 0.29) is 0 Å². The summed E-state index contributed by atoms with van der Waals surface area (Å²) in [4.78, 5) is 0. The highest BCUT2D eigenvalue weighted by atomic mass is 79.9. The fourth-order valence-electron chi connectivity index (χ4n) is 1.72. The molecule has 0 saturated heterocycles. The Kier molecular flexibility index (Phi) is 3.69. The van der Waals surface area contributed by atoms with Crippen LogP contribution < -0.4 is 11.3 Å². The van der Waals surface area contributed by atoms with Crippen molar-refractivity contribution >= 4 is 15.9 Å². The molecule has 18 heavy (non-hydrogen) atoms. The van der Waals surface area contributed by atoms with Crippen molar-refractivity contribution in [2.75, 3.05) is 0 Å². The Bertz CT molecular complexity index is 532. The van der Waals surface area contributed by atoms with Gasteiger partial charge in [-0.05, 0) is 33.6 Å². The Hall–Kier alpha value is -1.38. The number of benzene rings is 1. The van der Waals surface area contributed by atoms with Crippen LogP contribution >= 0.6 is 15.9 Å². The lowest BCUT2D eigenvalue weighted by atomic mass is 10.0. The largest absolute Gasteiger partial charge is 0.271 e. The van der Waals surface area contributed by atoms with E-state index in [9.17, 15) is 8.78 Å². The van der Waals surface area contributed by atoms with Gasteiger partial charge < -0.3 is 0 Å². The molecule has 96 valence electrons. The summed E-state index contributed by atoms with van der Waals surface area (Å²) >= 11 is 3.22. The number of hydrazine groups is 1. The molecule has 0 aliphatic carbocycles. The van der Waals surface area contributed by atoms with Crippen molar-refractivity contribution in [3.05, 3.63) is 45.7 Å². The molecule has 8 heteroatoms. The van der Waals surface area contributed by atoms with E-state index in [1.807, 2.05) is 0 Å². The van der Waals surface area contributed by atoms with Gasteiger partial charge in [-0.25, -0.2) is 18.9 Å². The van der Waals surface area contributed by atoms with E-state index in [4.69, 9.17) is 5.84 Å². The highest BCUT2D eigenvalue weighted by Crippen LogP contribution is 2.26. The standard InChI is InChI=1S/C10H10BrF2N5/c1-18-9(10(11)16-17-18)8(15-14)5-2-6(12)4-7(13)3-5/h2-4,8,15H,14H2,1H3. The molecule has 0 radical (unpaired) electrons. The zero-order chi connectivity index (χ0) is 13.3. The number of hydrogen-bond acceptors (Lipinski definition) is 4. The van der Waals surface area contributed by atoms with E-state index in [0.29, 0.717) is 15.9 Å². The predicted molar refractivity (Wildman–Crippen MR) is 64.2 cm³/mol. The van der Waals surface area contributed by atoms with Crippen LogP contribution in [0.3, 0.4) is 0 Å². The van der Waals surface area contributed by atoms with Crippen molar-refractivity contribution in [1.29, 1.82) is 0 Å². The summed E-state index contributed by atoms with van der Waals surface area (Å²) in [7, 11) is 1.66. The quantitative estimate of drug-likeness (QED) is 0.663. The minimum atomic E-state index is -0.670. The van der Waals surface area contributed by atoms with Crippen LogP contribution in [0.1, 0.15) is 17.3 Å². The minimum Gasteiger partial charge on any atom is -0.271 e. The normalized spacial score (nSPS) is 12.7. The van der Waals surface area contributed by atoms with E-state index >= 15 is 0 Å². The molecule has 3 N–H and O–H groups in total. The Morgan fingerprint density at radius 2 is 1.94 bits per heavy atom. The zero-order valence-corrected chi connectivity index (χ0v) is 10.9. The van der Waals surface area contributed by atoms with Gasteiger partial charge in [0.2, 0.25) is 0 Å². The van der Waals surface area contributed by atoms with Crippen molar-refractivity contribution < 1.29 is 8.78 Å². The number of nitrogens with one attached hydrogen (secondary N) is 1. The lowest BCUT2D eigenvalue weighted by molar-refractivity contribution is 0.545. The van der Waals surface area contributed by atoms with Crippen LogP contribution in [-0.4, -0.2) is 15.0 Å². The van der Waals surface area contributed by atoms with Crippen LogP contribution in [-0.2, 0) is 7.05 Å². The second-order valence-corrected chi connectivity index (χ2v) is 4.44. The Balaban J connectivity index is 2.52. The lowest BCUT2D eigenvalue weighted by Gasteiger charge is -2.16. The average Bonchev–Trinajstić information content (AvgIpc) is 2.61. The monoisotopic (exact) mass is 317 g/mol. The summed E-state index contributed by atoms with van der Waals surface area (Å²) in [5.74, 6) is 4.11. The SMILES string of the molecule is Cn1nnc(Br)c1C(NN)c1cc(F)cc(F)c1. The third-order valence-electron chi connectivity index (χ3n) is 2.49. The second-order valence-electron chi connectivity index (χ2n) is 3.69. The first-order valence-corrected chi connectivity index (χ1v) is 5.79. The van der Waals surface area contributed by atoms with E-state index in [1.54, 1.807) is 7.05 Å². The molecular formula is C10H10BrF2N5. The van der Waals surface area contributed by atoms with E-state index < -0.39 is 17.7 Å². The molecule has 1 heterocycles. The van der Waals surface area contributed by atoms with Crippen LogP contribution in [0.5, 0.6) is 0 Å². The summed E-state index contributed by atoms with van der Waals surface area (Å²) in [6.07, 6.45) is 0. The summed E-state index contributed by atoms with van der Waals surface area (Å²) in [5, 5.41) is 7.59. The number of aromatic nitrogens is 3. The summed E-state index contributed by atoms with van der Waals surface area (Å²) in [6, 6.07) is 2.58. The highest BCUT2D eigenvalue weighted by molar-refractivity contribution is 9.10. The molecule has 0 aliphatic heterocycles. The van der Waals surface area contributed by atoms with Crippen LogP contribution in [0.15, 0.2) is 22.8 Å². The third-order valence-corrected chi connectivity index (χ3v) is 3.05. The zero-order valence-electron chi connectivity index (χ0n) is 9.36. The maximum Gasteiger partial charge on any atom is 0.153 e. The molecule has 1 aromatic carbocycles. The van der Waals surface area contributed by atoms with Gasteiger partial charge in [-0.2, -0.15) is 0 Å². The molecule has 5 nitrogen and oxygen atoms in total. The molecular weight excluding hydrogens is 308 g/mol. The van der Waals surface area contributed by atoms with E-state index in [1.165, 1.54) is 16.8 Å². The second kappa shape index (κ2) is 5.09. The van der Waals surface area contributed by atoms with Crippen molar-refractivity contribution in [2.24, 2.45) is 12.9 Å². The Morgan fingerprint density at radius 1 is 1.33 bits per heavy atom. The molecule has 0 spiro atoms. The molecule has 1 atom stereocenters. The van der Waals surface area contributed by atoms with Gasteiger partial charge in [0.1, 0.15) is 11.6 Å². The van der Waals surface area contributed by atoms with Gasteiger partial charge in [0.15, 0.2) is 4.60 Å². The predicted octanol–water partition coefficient (Wildman–Crippen LogP) is 1.41. The number of nitrogens with two attached hydrogens (primary N) is 1. The number of nitrogens with zero attached hydrogens (tertiary/aromatic N) is 3. The summed E-state index contributed by atoms with van der Waals surface area (Å²) in [6.45, 7) is 0. The van der Waals surface area contributed by atoms with Crippen LogP contribution in [0.4, 0.5) is 8.78 Å². The summed E-state index contributed by atoms with van der Waals surface area (Å²) in [5.41, 5.74) is 3.41.